The number of nitrogens with one attached hydrogen (secondary N) is 1. The van der Waals surface area contributed by atoms with Crippen molar-refractivity contribution in [3.63, 3.8) is 0 Å². The number of aromatic nitrogens is 1. The molecule has 3 nitrogen and oxygen atoms in total. The van der Waals surface area contributed by atoms with E-state index in [0.717, 1.165) is 17.9 Å². The van der Waals surface area contributed by atoms with Crippen LogP contribution in [0.5, 0.6) is 0 Å². The van der Waals surface area contributed by atoms with Crippen LogP contribution in [-0.4, -0.2) is 12.0 Å². The maximum absolute atomic E-state index is 5.32. The van der Waals surface area contributed by atoms with Crippen molar-refractivity contribution in [1.82, 2.24) is 10.3 Å². The Labute approximate surface area is 89.1 Å². The fourth-order valence-corrected chi connectivity index (χ4v) is 1.57. The standard InChI is InChI=1S/C12H14N2O/c1-13-12(9-10-5-4-8-15-10)11-6-2-3-7-14-11/h2-8,12-13H,9H2,1H3. The molecule has 0 aliphatic carbocycles. The van der Waals surface area contributed by atoms with Gasteiger partial charge in [-0.25, -0.2) is 0 Å². The van der Waals surface area contributed by atoms with Gasteiger partial charge in [0.25, 0.3) is 0 Å². The summed E-state index contributed by atoms with van der Waals surface area (Å²) in [5.74, 6) is 0.972. The Morgan fingerprint density at radius 1 is 1.33 bits per heavy atom. The summed E-state index contributed by atoms with van der Waals surface area (Å²) in [6.45, 7) is 0. The predicted octanol–water partition coefficient (Wildman–Crippen LogP) is 2.18. The second-order valence-corrected chi connectivity index (χ2v) is 3.38. The monoisotopic (exact) mass is 202 g/mol. The van der Waals surface area contributed by atoms with Gasteiger partial charge in [0.2, 0.25) is 0 Å². The lowest BCUT2D eigenvalue weighted by Crippen LogP contribution is -2.19. The summed E-state index contributed by atoms with van der Waals surface area (Å²) in [5.41, 5.74) is 1.04. The van der Waals surface area contributed by atoms with Crippen molar-refractivity contribution in [2.45, 2.75) is 12.5 Å². The van der Waals surface area contributed by atoms with Crippen LogP contribution < -0.4 is 5.32 Å². The SMILES string of the molecule is CNC(Cc1ccco1)c1ccccn1. The van der Waals surface area contributed by atoms with Crippen molar-refractivity contribution in [1.29, 1.82) is 0 Å². The highest BCUT2D eigenvalue weighted by Crippen LogP contribution is 2.15. The molecule has 1 atom stereocenters. The number of furan rings is 1. The van der Waals surface area contributed by atoms with Crippen LogP contribution in [0.4, 0.5) is 0 Å². The van der Waals surface area contributed by atoms with E-state index in [0.29, 0.717) is 0 Å². The molecule has 1 unspecified atom stereocenters. The Hall–Kier alpha value is -1.61. The molecule has 0 spiro atoms. The van der Waals surface area contributed by atoms with Crippen molar-refractivity contribution in [3.8, 4) is 0 Å². The fourth-order valence-electron chi connectivity index (χ4n) is 1.57. The molecule has 0 aliphatic rings. The average molecular weight is 202 g/mol. The molecule has 0 aliphatic heterocycles. The van der Waals surface area contributed by atoms with Gasteiger partial charge < -0.3 is 9.73 Å². The summed E-state index contributed by atoms with van der Waals surface area (Å²) < 4.78 is 5.32. The van der Waals surface area contributed by atoms with Crippen LogP contribution >= 0.6 is 0 Å². The quantitative estimate of drug-likeness (QED) is 0.825. The Balaban J connectivity index is 2.12. The fraction of sp³-hybridized carbons (Fsp3) is 0.250. The van der Waals surface area contributed by atoms with E-state index in [1.54, 1.807) is 6.26 Å². The van der Waals surface area contributed by atoms with Gasteiger partial charge in [0, 0.05) is 12.6 Å². The molecular formula is C12H14N2O. The number of hydrogen-bond donors (Lipinski definition) is 1. The number of likely N-dealkylation sites (N-methyl/N-ethyl adjacent to an activating group) is 1. The molecule has 2 aromatic rings. The van der Waals surface area contributed by atoms with Gasteiger partial charge in [-0.2, -0.15) is 0 Å². The van der Waals surface area contributed by atoms with E-state index in [1.807, 2.05) is 43.6 Å². The zero-order valence-electron chi connectivity index (χ0n) is 8.68. The van der Waals surface area contributed by atoms with Crippen LogP contribution in [0.25, 0.3) is 0 Å². The van der Waals surface area contributed by atoms with E-state index < -0.39 is 0 Å². The molecule has 3 heteroatoms. The lowest BCUT2D eigenvalue weighted by molar-refractivity contribution is 0.461. The summed E-state index contributed by atoms with van der Waals surface area (Å²) in [5, 5.41) is 3.23. The van der Waals surface area contributed by atoms with Crippen LogP contribution in [0.3, 0.4) is 0 Å². The Morgan fingerprint density at radius 3 is 2.87 bits per heavy atom. The van der Waals surface area contributed by atoms with E-state index in [-0.39, 0.29) is 6.04 Å². The largest absolute Gasteiger partial charge is 0.469 e. The van der Waals surface area contributed by atoms with Gasteiger partial charge in [0.1, 0.15) is 5.76 Å². The molecule has 2 rings (SSSR count). The highest BCUT2D eigenvalue weighted by atomic mass is 16.3. The predicted molar refractivity (Wildman–Crippen MR) is 58.4 cm³/mol. The first-order valence-electron chi connectivity index (χ1n) is 5.00. The summed E-state index contributed by atoms with van der Waals surface area (Å²) in [4.78, 5) is 4.33. The molecule has 0 amide bonds. The normalized spacial score (nSPS) is 12.6. The molecule has 2 heterocycles. The maximum Gasteiger partial charge on any atom is 0.105 e. The summed E-state index contributed by atoms with van der Waals surface area (Å²) >= 11 is 0. The van der Waals surface area contributed by atoms with Crippen molar-refractivity contribution in [2.24, 2.45) is 0 Å². The zero-order chi connectivity index (χ0) is 10.5. The Morgan fingerprint density at radius 2 is 2.27 bits per heavy atom. The first kappa shape index (κ1) is 9.93. The Bertz CT molecular complexity index is 383. The number of nitrogens with zero attached hydrogens (tertiary/aromatic N) is 1. The topological polar surface area (TPSA) is 38.1 Å². The van der Waals surface area contributed by atoms with Gasteiger partial charge in [-0.1, -0.05) is 6.07 Å². The molecule has 0 bridgehead atoms. The second-order valence-electron chi connectivity index (χ2n) is 3.38. The van der Waals surface area contributed by atoms with Gasteiger partial charge in [-0.3, -0.25) is 4.98 Å². The van der Waals surface area contributed by atoms with Crippen molar-refractivity contribution in [3.05, 3.63) is 54.2 Å². The lowest BCUT2D eigenvalue weighted by Gasteiger charge is -2.13. The van der Waals surface area contributed by atoms with Crippen molar-refractivity contribution >= 4 is 0 Å². The van der Waals surface area contributed by atoms with Crippen molar-refractivity contribution in [2.75, 3.05) is 7.05 Å². The van der Waals surface area contributed by atoms with Crippen molar-refractivity contribution < 1.29 is 4.42 Å². The molecular weight excluding hydrogens is 188 g/mol. The third kappa shape index (κ3) is 2.44. The van der Waals surface area contributed by atoms with E-state index in [9.17, 15) is 0 Å². The van der Waals surface area contributed by atoms with E-state index in [1.165, 1.54) is 0 Å². The third-order valence-corrected chi connectivity index (χ3v) is 2.38. The van der Waals surface area contributed by atoms with Crippen LogP contribution in [0.15, 0.2) is 47.2 Å². The second kappa shape index (κ2) is 4.75. The van der Waals surface area contributed by atoms with Gasteiger partial charge in [-0.15, -0.1) is 0 Å². The first-order valence-corrected chi connectivity index (χ1v) is 5.00. The highest BCUT2D eigenvalue weighted by Gasteiger charge is 2.12. The summed E-state index contributed by atoms with van der Waals surface area (Å²) in [6, 6.07) is 10.0. The summed E-state index contributed by atoms with van der Waals surface area (Å²) in [7, 11) is 1.93. The molecule has 0 saturated heterocycles. The minimum Gasteiger partial charge on any atom is -0.469 e. The molecule has 1 N–H and O–H groups in total. The molecule has 15 heavy (non-hydrogen) atoms. The maximum atomic E-state index is 5.32. The van der Waals surface area contributed by atoms with E-state index in [4.69, 9.17) is 4.42 Å². The summed E-state index contributed by atoms with van der Waals surface area (Å²) in [6.07, 6.45) is 4.32. The first-order chi connectivity index (χ1) is 7.40. The minimum absolute atomic E-state index is 0.206. The van der Waals surface area contributed by atoms with Gasteiger partial charge in [-0.05, 0) is 31.3 Å². The van der Waals surface area contributed by atoms with E-state index in [2.05, 4.69) is 10.3 Å². The number of rotatable bonds is 4. The highest BCUT2D eigenvalue weighted by molar-refractivity contribution is 5.12. The van der Waals surface area contributed by atoms with Gasteiger partial charge in [0.05, 0.1) is 18.0 Å². The molecule has 0 aromatic carbocycles. The van der Waals surface area contributed by atoms with Gasteiger partial charge in [0.15, 0.2) is 0 Å². The van der Waals surface area contributed by atoms with E-state index >= 15 is 0 Å². The smallest absolute Gasteiger partial charge is 0.105 e. The van der Waals surface area contributed by atoms with Gasteiger partial charge >= 0.3 is 0 Å². The van der Waals surface area contributed by atoms with Crippen LogP contribution in [0.2, 0.25) is 0 Å². The third-order valence-electron chi connectivity index (χ3n) is 2.38. The zero-order valence-corrected chi connectivity index (χ0v) is 8.68. The lowest BCUT2D eigenvalue weighted by atomic mass is 10.1. The number of hydrogen-bond acceptors (Lipinski definition) is 3. The molecule has 0 radical (unpaired) electrons. The molecule has 0 saturated carbocycles. The molecule has 78 valence electrons. The average Bonchev–Trinajstić information content (AvgIpc) is 2.80. The van der Waals surface area contributed by atoms with Crippen LogP contribution in [0.1, 0.15) is 17.5 Å². The Kier molecular flexibility index (Phi) is 3.15. The van der Waals surface area contributed by atoms with Crippen LogP contribution in [-0.2, 0) is 6.42 Å². The molecule has 0 fully saturated rings. The number of pyridine rings is 1. The molecule has 2 aromatic heterocycles. The van der Waals surface area contributed by atoms with Crippen LogP contribution in [0, 0.1) is 0 Å². The minimum atomic E-state index is 0.206.